The molecule has 2 N–H and O–H groups in total. The fourth-order valence-corrected chi connectivity index (χ4v) is 3.81. The van der Waals surface area contributed by atoms with Gasteiger partial charge in [-0.05, 0) is 71.6 Å². The Kier molecular flexibility index (Phi) is 6.09. The van der Waals surface area contributed by atoms with E-state index in [1.54, 1.807) is 4.90 Å². The van der Waals surface area contributed by atoms with Gasteiger partial charge in [0.05, 0.1) is 0 Å². The largest absolute Gasteiger partial charge is 0.444 e. The van der Waals surface area contributed by atoms with Crippen molar-refractivity contribution in [2.45, 2.75) is 70.4 Å². The number of amides is 1. The molecule has 1 aliphatic carbocycles. The Morgan fingerprint density at radius 2 is 2.13 bits per heavy atom. The SMILES string of the molecule is CC(C)(C)OC(=O)N1CCC(NCCCc2cccc(-c3ncc(C4CC4)[nH]3)n2)C1. The van der Waals surface area contributed by atoms with Gasteiger partial charge >= 0.3 is 6.09 Å². The maximum atomic E-state index is 12.2. The molecule has 0 radical (unpaired) electrons. The molecule has 1 saturated carbocycles. The first-order valence-corrected chi connectivity index (χ1v) is 11.1. The monoisotopic (exact) mass is 411 g/mol. The summed E-state index contributed by atoms with van der Waals surface area (Å²) >= 11 is 0. The van der Waals surface area contributed by atoms with E-state index in [1.165, 1.54) is 18.5 Å². The molecule has 162 valence electrons. The number of pyridine rings is 1. The Morgan fingerprint density at radius 1 is 1.30 bits per heavy atom. The van der Waals surface area contributed by atoms with Crippen LogP contribution in [0.4, 0.5) is 4.79 Å². The van der Waals surface area contributed by atoms with Crippen LogP contribution in [-0.4, -0.2) is 57.2 Å². The molecule has 1 unspecified atom stereocenters. The van der Waals surface area contributed by atoms with Crippen LogP contribution < -0.4 is 5.32 Å². The molecule has 3 heterocycles. The third-order valence-electron chi connectivity index (χ3n) is 5.54. The van der Waals surface area contributed by atoms with Crippen LogP contribution in [0.5, 0.6) is 0 Å². The summed E-state index contributed by atoms with van der Waals surface area (Å²) in [5.74, 6) is 1.53. The Morgan fingerprint density at radius 3 is 2.90 bits per heavy atom. The number of aryl methyl sites for hydroxylation is 1. The van der Waals surface area contributed by atoms with Crippen LogP contribution in [0.3, 0.4) is 0 Å². The molecular formula is C23H33N5O2. The summed E-state index contributed by atoms with van der Waals surface area (Å²) in [7, 11) is 0. The molecule has 7 heteroatoms. The summed E-state index contributed by atoms with van der Waals surface area (Å²) in [6.45, 7) is 8.07. The van der Waals surface area contributed by atoms with Crippen molar-refractivity contribution in [1.29, 1.82) is 0 Å². The molecule has 1 amide bonds. The van der Waals surface area contributed by atoms with Gasteiger partial charge < -0.3 is 19.9 Å². The molecule has 2 aliphatic rings. The number of nitrogens with zero attached hydrogens (tertiary/aromatic N) is 3. The first-order valence-electron chi connectivity index (χ1n) is 11.1. The number of rotatable bonds is 7. The van der Waals surface area contributed by atoms with E-state index in [-0.39, 0.29) is 6.09 Å². The number of likely N-dealkylation sites (tertiary alicyclic amines) is 1. The van der Waals surface area contributed by atoms with Gasteiger partial charge in [0.2, 0.25) is 0 Å². The summed E-state index contributed by atoms with van der Waals surface area (Å²) < 4.78 is 5.46. The Labute approximate surface area is 178 Å². The number of hydrogen-bond acceptors (Lipinski definition) is 5. The van der Waals surface area contributed by atoms with E-state index in [0.717, 1.165) is 49.6 Å². The van der Waals surface area contributed by atoms with Gasteiger partial charge in [0.25, 0.3) is 0 Å². The minimum absolute atomic E-state index is 0.212. The highest BCUT2D eigenvalue weighted by molar-refractivity contribution is 5.68. The molecule has 2 fully saturated rings. The van der Waals surface area contributed by atoms with Gasteiger partial charge in [-0.25, -0.2) is 14.8 Å². The highest BCUT2D eigenvalue weighted by atomic mass is 16.6. The lowest BCUT2D eigenvalue weighted by Crippen LogP contribution is -2.38. The van der Waals surface area contributed by atoms with E-state index in [4.69, 9.17) is 9.72 Å². The Hall–Kier alpha value is -2.41. The third kappa shape index (κ3) is 5.59. The van der Waals surface area contributed by atoms with Crippen LogP contribution in [0, 0.1) is 0 Å². The minimum atomic E-state index is -0.445. The lowest BCUT2D eigenvalue weighted by atomic mass is 10.2. The molecule has 0 bridgehead atoms. The molecule has 0 aromatic carbocycles. The Bertz CT molecular complexity index is 868. The van der Waals surface area contributed by atoms with Gasteiger partial charge in [0.15, 0.2) is 5.82 Å². The fraction of sp³-hybridized carbons (Fsp3) is 0.609. The molecule has 7 nitrogen and oxygen atoms in total. The molecular weight excluding hydrogens is 378 g/mol. The minimum Gasteiger partial charge on any atom is -0.444 e. The summed E-state index contributed by atoms with van der Waals surface area (Å²) in [4.78, 5) is 26.7. The number of nitrogens with one attached hydrogen (secondary N) is 2. The Balaban J connectivity index is 1.20. The zero-order valence-corrected chi connectivity index (χ0v) is 18.3. The van der Waals surface area contributed by atoms with Crippen molar-refractivity contribution in [3.63, 3.8) is 0 Å². The molecule has 2 aromatic rings. The summed E-state index contributed by atoms with van der Waals surface area (Å²) in [5.41, 5.74) is 2.79. The number of aromatic nitrogens is 3. The smallest absolute Gasteiger partial charge is 0.410 e. The lowest BCUT2D eigenvalue weighted by molar-refractivity contribution is 0.0291. The van der Waals surface area contributed by atoms with Crippen molar-refractivity contribution in [2.24, 2.45) is 0 Å². The van der Waals surface area contributed by atoms with Gasteiger partial charge in [0.1, 0.15) is 11.3 Å². The van der Waals surface area contributed by atoms with Crippen LogP contribution in [0.1, 0.15) is 63.8 Å². The summed E-state index contributed by atoms with van der Waals surface area (Å²) in [6.07, 6.45) is 7.15. The number of imidazole rings is 1. The highest BCUT2D eigenvalue weighted by Crippen LogP contribution is 2.39. The topological polar surface area (TPSA) is 83.1 Å². The van der Waals surface area contributed by atoms with Crippen molar-refractivity contribution in [2.75, 3.05) is 19.6 Å². The quantitative estimate of drug-likeness (QED) is 0.676. The van der Waals surface area contributed by atoms with Crippen molar-refractivity contribution in [1.82, 2.24) is 25.2 Å². The van der Waals surface area contributed by atoms with E-state index in [9.17, 15) is 4.79 Å². The van der Waals surface area contributed by atoms with Crippen LogP contribution >= 0.6 is 0 Å². The fourth-order valence-electron chi connectivity index (χ4n) is 3.81. The highest BCUT2D eigenvalue weighted by Gasteiger charge is 2.29. The predicted molar refractivity (Wildman–Crippen MR) is 116 cm³/mol. The van der Waals surface area contributed by atoms with E-state index in [2.05, 4.69) is 27.4 Å². The van der Waals surface area contributed by atoms with E-state index >= 15 is 0 Å². The number of H-pyrrole nitrogens is 1. The number of carbonyl (C=O) groups is 1. The molecule has 1 saturated heterocycles. The van der Waals surface area contributed by atoms with Gasteiger partial charge in [-0.15, -0.1) is 0 Å². The second-order valence-electron chi connectivity index (χ2n) is 9.45. The van der Waals surface area contributed by atoms with E-state index in [1.807, 2.05) is 33.0 Å². The predicted octanol–water partition coefficient (Wildman–Crippen LogP) is 3.88. The molecule has 30 heavy (non-hydrogen) atoms. The number of carbonyl (C=O) groups excluding carboxylic acids is 1. The number of ether oxygens (including phenoxy) is 1. The normalized spacial score (nSPS) is 19.3. The van der Waals surface area contributed by atoms with Crippen molar-refractivity contribution >= 4 is 6.09 Å². The maximum absolute atomic E-state index is 12.2. The molecule has 1 aliphatic heterocycles. The van der Waals surface area contributed by atoms with E-state index in [0.29, 0.717) is 18.5 Å². The second-order valence-corrected chi connectivity index (χ2v) is 9.45. The maximum Gasteiger partial charge on any atom is 0.410 e. The molecule has 0 spiro atoms. The van der Waals surface area contributed by atoms with Crippen LogP contribution in [-0.2, 0) is 11.2 Å². The summed E-state index contributed by atoms with van der Waals surface area (Å²) in [5, 5.41) is 3.57. The van der Waals surface area contributed by atoms with Crippen molar-refractivity contribution in [3.05, 3.63) is 35.8 Å². The third-order valence-corrected chi connectivity index (χ3v) is 5.54. The van der Waals surface area contributed by atoms with Gasteiger partial charge in [-0.1, -0.05) is 6.07 Å². The van der Waals surface area contributed by atoms with Gasteiger partial charge in [0, 0.05) is 42.6 Å². The first-order chi connectivity index (χ1) is 14.4. The second kappa shape index (κ2) is 8.76. The van der Waals surface area contributed by atoms with Crippen molar-refractivity contribution in [3.8, 4) is 11.5 Å². The first kappa shape index (κ1) is 20.8. The molecule has 1 atom stereocenters. The van der Waals surface area contributed by atoms with Crippen LogP contribution in [0.2, 0.25) is 0 Å². The molecule has 4 rings (SSSR count). The van der Waals surface area contributed by atoms with Gasteiger partial charge in [-0.3, -0.25) is 0 Å². The number of aromatic amines is 1. The molecule has 2 aromatic heterocycles. The van der Waals surface area contributed by atoms with Crippen LogP contribution in [0.25, 0.3) is 11.5 Å². The lowest BCUT2D eigenvalue weighted by Gasteiger charge is -2.24. The van der Waals surface area contributed by atoms with E-state index < -0.39 is 5.60 Å². The average molecular weight is 412 g/mol. The van der Waals surface area contributed by atoms with Gasteiger partial charge in [-0.2, -0.15) is 0 Å². The zero-order valence-electron chi connectivity index (χ0n) is 18.3. The van der Waals surface area contributed by atoms with Crippen molar-refractivity contribution < 1.29 is 9.53 Å². The van der Waals surface area contributed by atoms with Crippen LogP contribution in [0.15, 0.2) is 24.4 Å². The standard InChI is InChI=1S/C23H33N5O2/c1-23(2,3)30-22(29)28-13-11-18(15-28)24-12-5-7-17-6-4-8-19(26-17)21-25-14-20(27-21)16-9-10-16/h4,6,8,14,16,18,24H,5,7,9-13,15H2,1-3H3,(H,25,27). The number of hydrogen-bond donors (Lipinski definition) is 2. The average Bonchev–Trinajstić information content (AvgIpc) is 3.24. The summed E-state index contributed by atoms with van der Waals surface area (Å²) in [6, 6.07) is 6.48. The zero-order chi connectivity index (χ0) is 21.1.